The number of benzene rings is 1. The zero-order valence-corrected chi connectivity index (χ0v) is 14.1. The summed E-state index contributed by atoms with van der Waals surface area (Å²) < 4.78 is 5.36. The molecule has 5 nitrogen and oxygen atoms in total. The number of rotatable bonds is 2. The van der Waals surface area contributed by atoms with Gasteiger partial charge in [0, 0.05) is 16.3 Å². The van der Waals surface area contributed by atoms with E-state index in [9.17, 15) is 14.7 Å². The Bertz CT molecular complexity index is 587. The lowest BCUT2D eigenvalue weighted by Crippen LogP contribution is -2.45. The highest BCUT2D eigenvalue weighted by molar-refractivity contribution is 7.99. The molecule has 0 aliphatic carbocycles. The van der Waals surface area contributed by atoms with Crippen molar-refractivity contribution in [1.82, 2.24) is 4.90 Å². The van der Waals surface area contributed by atoms with Crippen LogP contribution in [0.5, 0.6) is 0 Å². The fraction of sp³-hybridized carbons (Fsp3) is 0.467. The molecule has 1 aliphatic heterocycles. The number of carbonyl (C=O) groups is 2. The molecule has 1 unspecified atom stereocenters. The Balaban J connectivity index is 2.35. The Hall–Kier alpha value is -1.40. The van der Waals surface area contributed by atoms with Gasteiger partial charge in [-0.25, -0.2) is 9.59 Å². The molecule has 7 heteroatoms. The molecule has 0 saturated carbocycles. The minimum atomic E-state index is -1.05. The summed E-state index contributed by atoms with van der Waals surface area (Å²) in [4.78, 5) is 25.2. The molecule has 1 amide bonds. The average Bonchev–Trinajstić information content (AvgIpc) is 2.82. The first-order chi connectivity index (χ1) is 10.2. The second kappa shape index (κ2) is 6.38. The highest BCUT2D eigenvalue weighted by atomic mass is 35.5. The Labute approximate surface area is 138 Å². The van der Waals surface area contributed by atoms with Gasteiger partial charge in [0.1, 0.15) is 17.0 Å². The maximum atomic E-state index is 12.5. The third-order valence-corrected chi connectivity index (χ3v) is 4.71. The fourth-order valence-corrected chi connectivity index (χ4v) is 3.90. The molecule has 0 radical (unpaired) electrons. The van der Waals surface area contributed by atoms with Gasteiger partial charge in [0.25, 0.3) is 0 Å². The number of carboxylic acid groups (broad SMARTS) is 1. The summed E-state index contributed by atoms with van der Waals surface area (Å²) in [6.07, 6.45) is -0.644. The highest BCUT2D eigenvalue weighted by Crippen LogP contribution is 2.44. The van der Waals surface area contributed by atoms with Crippen molar-refractivity contribution in [2.24, 2.45) is 0 Å². The molecule has 0 aromatic heterocycles. The number of hydrogen-bond acceptors (Lipinski definition) is 4. The van der Waals surface area contributed by atoms with Crippen molar-refractivity contribution in [2.45, 2.75) is 37.8 Å². The van der Waals surface area contributed by atoms with E-state index < -0.39 is 29.1 Å². The van der Waals surface area contributed by atoms with Gasteiger partial charge in [-0.3, -0.25) is 4.90 Å². The summed E-state index contributed by atoms with van der Waals surface area (Å²) in [5, 5.41) is 9.40. The first kappa shape index (κ1) is 17.0. The second-order valence-corrected chi connectivity index (χ2v) is 7.47. The molecule has 2 atom stereocenters. The van der Waals surface area contributed by atoms with E-state index in [-0.39, 0.29) is 0 Å². The van der Waals surface area contributed by atoms with Crippen LogP contribution in [0.2, 0.25) is 5.02 Å². The lowest BCUT2D eigenvalue weighted by molar-refractivity contribution is -0.142. The van der Waals surface area contributed by atoms with Gasteiger partial charge in [0.05, 0.1) is 0 Å². The van der Waals surface area contributed by atoms with Crippen molar-refractivity contribution < 1.29 is 19.4 Å². The highest BCUT2D eigenvalue weighted by Gasteiger charge is 2.44. The molecule has 1 aromatic carbocycles. The second-order valence-electron chi connectivity index (χ2n) is 5.95. The van der Waals surface area contributed by atoms with Gasteiger partial charge in [0.2, 0.25) is 0 Å². The van der Waals surface area contributed by atoms with Crippen LogP contribution in [0.4, 0.5) is 4.79 Å². The van der Waals surface area contributed by atoms with E-state index in [1.54, 1.807) is 39.0 Å². The topological polar surface area (TPSA) is 66.8 Å². The van der Waals surface area contributed by atoms with Gasteiger partial charge in [-0.1, -0.05) is 29.8 Å². The van der Waals surface area contributed by atoms with E-state index in [0.717, 1.165) is 0 Å². The van der Waals surface area contributed by atoms with Gasteiger partial charge in [-0.15, -0.1) is 11.8 Å². The van der Waals surface area contributed by atoms with Gasteiger partial charge >= 0.3 is 12.1 Å². The maximum Gasteiger partial charge on any atom is 0.412 e. The monoisotopic (exact) mass is 343 g/mol. The SMILES string of the molecule is CC(C)(C)OC(=O)N1C(c2ccccc2Cl)SC[C@H]1C(=O)O. The van der Waals surface area contributed by atoms with Crippen LogP contribution in [0.3, 0.4) is 0 Å². The van der Waals surface area contributed by atoms with Gasteiger partial charge < -0.3 is 9.84 Å². The minimum absolute atomic E-state index is 0.296. The molecule has 1 fully saturated rings. The van der Waals surface area contributed by atoms with Crippen LogP contribution in [0.25, 0.3) is 0 Å². The molecule has 1 heterocycles. The van der Waals surface area contributed by atoms with Crippen LogP contribution in [0, 0.1) is 0 Å². The zero-order valence-electron chi connectivity index (χ0n) is 12.6. The fourth-order valence-electron chi connectivity index (χ4n) is 2.15. The van der Waals surface area contributed by atoms with E-state index in [0.29, 0.717) is 16.3 Å². The predicted octanol–water partition coefficient (Wildman–Crippen LogP) is 3.78. The van der Waals surface area contributed by atoms with Gasteiger partial charge in [-0.2, -0.15) is 0 Å². The average molecular weight is 344 g/mol. The number of amides is 1. The van der Waals surface area contributed by atoms with Crippen molar-refractivity contribution >= 4 is 35.4 Å². The van der Waals surface area contributed by atoms with Crippen LogP contribution in [0.1, 0.15) is 31.7 Å². The Morgan fingerprint density at radius 3 is 2.55 bits per heavy atom. The lowest BCUT2D eigenvalue weighted by atomic mass is 10.1. The van der Waals surface area contributed by atoms with Crippen molar-refractivity contribution in [2.75, 3.05) is 5.75 Å². The standard InChI is InChI=1S/C15H18ClNO4S/c1-15(2,3)21-14(20)17-11(13(18)19)8-22-12(17)9-6-4-5-7-10(9)16/h4-7,11-12H,8H2,1-3H3,(H,18,19)/t11-,12?/m0/s1. The van der Waals surface area contributed by atoms with E-state index in [1.165, 1.54) is 16.7 Å². The van der Waals surface area contributed by atoms with Gasteiger partial charge in [-0.05, 0) is 26.8 Å². The van der Waals surface area contributed by atoms with Crippen LogP contribution in [0.15, 0.2) is 24.3 Å². The van der Waals surface area contributed by atoms with E-state index >= 15 is 0 Å². The van der Waals surface area contributed by atoms with Crippen LogP contribution >= 0.6 is 23.4 Å². The molecule has 22 heavy (non-hydrogen) atoms. The molecule has 0 spiro atoms. The van der Waals surface area contributed by atoms with Crippen molar-refractivity contribution in [3.8, 4) is 0 Å². The Morgan fingerprint density at radius 2 is 2.00 bits per heavy atom. The number of hydrogen-bond donors (Lipinski definition) is 1. The first-order valence-corrected chi connectivity index (χ1v) is 8.23. The molecule has 1 aromatic rings. The van der Waals surface area contributed by atoms with Crippen molar-refractivity contribution in [1.29, 1.82) is 0 Å². The van der Waals surface area contributed by atoms with E-state index in [1.807, 2.05) is 6.07 Å². The van der Waals surface area contributed by atoms with Crippen LogP contribution in [-0.2, 0) is 9.53 Å². The summed E-state index contributed by atoms with van der Waals surface area (Å²) >= 11 is 7.56. The summed E-state index contributed by atoms with van der Waals surface area (Å²) in [6.45, 7) is 5.23. The molecule has 1 N–H and O–H groups in total. The van der Waals surface area contributed by atoms with Gasteiger partial charge in [0.15, 0.2) is 0 Å². The summed E-state index contributed by atoms with van der Waals surface area (Å²) in [7, 11) is 0. The quantitative estimate of drug-likeness (QED) is 0.885. The molecule has 2 rings (SSSR count). The number of nitrogens with zero attached hydrogens (tertiary/aromatic N) is 1. The third kappa shape index (κ3) is 3.67. The Morgan fingerprint density at radius 1 is 1.36 bits per heavy atom. The van der Waals surface area contributed by atoms with Crippen molar-refractivity contribution in [3.63, 3.8) is 0 Å². The number of carboxylic acids is 1. The largest absolute Gasteiger partial charge is 0.480 e. The molecule has 0 bridgehead atoms. The normalized spacial score (nSPS) is 21.7. The van der Waals surface area contributed by atoms with Crippen LogP contribution < -0.4 is 0 Å². The Kier molecular flexibility index (Phi) is 4.92. The summed E-state index contributed by atoms with van der Waals surface area (Å²) in [5.74, 6) is -0.752. The molecular weight excluding hydrogens is 326 g/mol. The van der Waals surface area contributed by atoms with Crippen LogP contribution in [-0.4, -0.2) is 39.5 Å². The van der Waals surface area contributed by atoms with E-state index in [2.05, 4.69) is 0 Å². The van der Waals surface area contributed by atoms with E-state index in [4.69, 9.17) is 16.3 Å². The predicted molar refractivity (Wildman–Crippen MR) is 86.1 cm³/mol. The summed E-state index contributed by atoms with van der Waals surface area (Å²) in [6, 6.07) is 6.18. The molecule has 1 saturated heterocycles. The summed E-state index contributed by atoms with van der Waals surface area (Å²) in [5.41, 5.74) is 0.0158. The number of aliphatic carboxylic acids is 1. The maximum absolute atomic E-state index is 12.5. The zero-order chi connectivity index (χ0) is 16.5. The number of ether oxygens (including phenoxy) is 1. The molecule has 120 valence electrons. The first-order valence-electron chi connectivity index (χ1n) is 6.81. The smallest absolute Gasteiger partial charge is 0.412 e. The van der Waals surface area contributed by atoms with Crippen molar-refractivity contribution in [3.05, 3.63) is 34.9 Å². The minimum Gasteiger partial charge on any atom is -0.480 e. The molecule has 1 aliphatic rings. The molecular formula is C15H18ClNO4S. The number of thioether (sulfide) groups is 1. The number of carbonyl (C=O) groups excluding carboxylic acids is 1. The third-order valence-electron chi connectivity index (χ3n) is 3.06. The number of halogens is 1. The lowest BCUT2D eigenvalue weighted by Gasteiger charge is -2.30.